The van der Waals surface area contributed by atoms with Crippen molar-refractivity contribution in [2.45, 2.75) is 13.3 Å². The molecule has 3 aromatic rings. The van der Waals surface area contributed by atoms with Gasteiger partial charge in [0.25, 0.3) is 11.8 Å². The van der Waals surface area contributed by atoms with Crippen LogP contribution in [0.3, 0.4) is 0 Å². The van der Waals surface area contributed by atoms with Crippen molar-refractivity contribution >= 4 is 22.8 Å². The van der Waals surface area contributed by atoms with Gasteiger partial charge in [-0.15, -0.1) is 0 Å². The summed E-state index contributed by atoms with van der Waals surface area (Å²) in [5, 5.41) is 0. The number of hydrogen-bond acceptors (Lipinski definition) is 3. The second-order valence-electron chi connectivity index (χ2n) is 5.72. The summed E-state index contributed by atoms with van der Waals surface area (Å²) in [6, 6.07) is 10.9. The number of hydrogen-bond donors (Lipinski definition) is 1. The summed E-state index contributed by atoms with van der Waals surface area (Å²) >= 11 is 0. The topological polar surface area (TPSA) is 66.1 Å². The largest absolute Gasteiger partial charge is 0.360 e. The smallest absolute Gasteiger partial charge is 0.261 e. The molecule has 2 aromatic heterocycles. The monoisotopic (exact) mass is 305 g/mol. The molecule has 0 spiro atoms. The molecule has 0 fully saturated rings. The van der Waals surface area contributed by atoms with Crippen molar-refractivity contribution in [3.05, 3.63) is 65.0 Å². The van der Waals surface area contributed by atoms with Crippen LogP contribution in [0.2, 0.25) is 0 Å². The minimum atomic E-state index is -0.213. The number of aryl methyl sites for hydroxylation is 1. The van der Waals surface area contributed by atoms with Crippen molar-refractivity contribution in [1.82, 2.24) is 14.9 Å². The van der Waals surface area contributed by atoms with E-state index < -0.39 is 0 Å². The fourth-order valence-electron chi connectivity index (χ4n) is 3.02. The number of imide groups is 1. The molecular weight excluding hydrogens is 290 g/mol. The van der Waals surface area contributed by atoms with Gasteiger partial charge < -0.3 is 4.98 Å². The maximum Gasteiger partial charge on any atom is 0.261 e. The molecule has 5 heteroatoms. The highest BCUT2D eigenvalue weighted by molar-refractivity contribution is 6.21. The fraction of sp³-hybridized carbons (Fsp3) is 0.167. The number of rotatable bonds is 3. The highest BCUT2D eigenvalue weighted by Gasteiger charge is 2.34. The number of carbonyl (C=O) groups excluding carboxylic acids is 2. The summed E-state index contributed by atoms with van der Waals surface area (Å²) in [4.78, 5) is 33.8. The molecule has 2 amide bonds. The molecule has 114 valence electrons. The van der Waals surface area contributed by atoms with Crippen molar-refractivity contribution in [2.75, 3.05) is 6.54 Å². The molecular formula is C18H15N3O2. The average Bonchev–Trinajstić information content (AvgIpc) is 3.06. The molecule has 0 saturated carbocycles. The molecule has 0 bridgehead atoms. The highest BCUT2D eigenvalue weighted by Crippen LogP contribution is 2.23. The molecule has 23 heavy (non-hydrogen) atoms. The normalized spacial score (nSPS) is 13.9. The van der Waals surface area contributed by atoms with Gasteiger partial charge in [-0.3, -0.25) is 19.5 Å². The summed E-state index contributed by atoms with van der Waals surface area (Å²) in [5.74, 6) is -0.427. The number of carbonyl (C=O) groups is 2. The lowest BCUT2D eigenvalue weighted by Gasteiger charge is -2.13. The molecule has 4 rings (SSSR count). The van der Waals surface area contributed by atoms with E-state index >= 15 is 0 Å². The van der Waals surface area contributed by atoms with Crippen molar-refractivity contribution < 1.29 is 9.59 Å². The molecule has 0 atom stereocenters. The lowest BCUT2D eigenvalue weighted by molar-refractivity contribution is 0.0656. The summed E-state index contributed by atoms with van der Waals surface area (Å²) < 4.78 is 0. The summed E-state index contributed by atoms with van der Waals surface area (Å²) in [5.41, 5.74) is 4.81. The van der Waals surface area contributed by atoms with E-state index in [1.54, 1.807) is 24.3 Å². The molecule has 0 aliphatic carbocycles. The molecule has 1 aliphatic rings. The number of amides is 2. The minimum Gasteiger partial charge on any atom is -0.360 e. The first-order valence-corrected chi connectivity index (χ1v) is 7.54. The van der Waals surface area contributed by atoms with Gasteiger partial charge in [0, 0.05) is 18.4 Å². The van der Waals surface area contributed by atoms with E-state index in [0.29, 0.717) is 24.1 Å². The number of pyridine rings is 1. The van der Waals surface area contributed by atoms with Crippen LogP contribution in [0.25, 0.3) is 11.0 Å². The van der Waals surface area contributed by atoms with E-state index in [9.17, 15) is 9.59 Å². The maximum atomic E-state index is 12.4. The number of nitrogens with zero attached hydrogens (tertiary/aromatic N) is 2. The fourth-order valence-corrected chi connectivity index (χ4v) is 3.02. The Labute approximate surface area is 133 Å². The van der Waals surface area contributed by atoms with Gasteiger partial charge in [-0.1, -0.05) is 12.1 Å². The summed E-state index contributed by atoms with van der Waals surface area (Å²) in [6.45, 7) is 2.30. The van der Waals surface area contributed by atoms with Crippen LogP contribution in [0.15, 0.2) is 42.6 Å². The highest BCUT2D eigenvalue weighted by atomic mass is 16.2. The minimum absolute atomic E-state index is 0.213. The lowest BCUT2D eigenvalue weighted by Crippen LogP contribution is -2.31. The first-order valence-electron chi connectivity index (χ1n) is 7.54. The van der Waals surface area contributed by atoms with Gasteiger partial charge in [0.2, 0.25) is 0 Å². The second-order valence-corrected chi connectivity index (χ2v) is 5.72. The van der Waals surface area contributed by atoms with Crippen LogP contribution in [0, 0.1) is 6.92 Å². The van der Waals surface area contributed by atoms with Crippen molar-refractivity contribution in [1.29, 1.82) is 0 Å². The van der Waals surface area contributed by atoms with E-state index in [1.165, 1.54) is 4.90 Å². The van der Waals surface area contributed by atoms with E-state index in [4.69, 9.17) is 0 Å². The Morgan fingerprint density at radius 1 is 1.04 bits per heavy atom. The Morgan fingerprint density at radius 2 is 1.74 bits per heavy atom. The first-order chi connectivity index (χ1) is 11.1. The van der Waals surface area contributed by atoms with E-state index in [0.717, 1.165) is 22.3 Å². The Balaban J connectivity index is 1.59. The van der Waals surface area contributed by atoms with Crippen molar-refractivity contribution in [3.63, 3.8) is 0 Å². The lowest BCUT2D eigenvalue weighted by atomic mass is 10.1. The van der Waals surface area contributed by atoms with Crippen LogP contribution in [-0.2, 0) is 6.42 Å². The third-order valence-electron chi connectivity index (χ3n) is 4.22. The van der Waals surface area contributed by atoms with Gasteiger partial charge in [-0.2, -0.15) is 0 Å². The van der Waals surface area contributed by atoms with E-state index in [-0.39, 0.29) is 11.8 Å². The Kier molecular flexibility index (Phi) is 3.01. The SMILES string of the molecule is Cc1ccc2[nH]cc(CCN3C(=O)c4ccccc4C3=O)c2n1. The zero-order valence-electron chi connectivity index (χ0n) is 12.7. The molecule has 0 saturated heterocycles. The number of nitrogens with one attached hydrogen (secondary N) is 1. The molecule has 3 heterocycles. The quantitative estimate of drug-likeness (QED) is 0.757. The molecule has 0 unspecified atom stereocenters. The molecule has 0 radical (unpaired) electrons. The summed E-state index contributed by atoms with van der Waals surface area (Å²) in [6.07, 6.45) is 2.48. The van der Waals surface area contributed by atoms with Crippen LogP contribution in [0.4, 0.5) is 0 Å². The van der Waals surface area contributed by atoms with E-state index in [1.807, 2.05) is 25.3 Å². The first kappa shape index (κ1) is 13.7. The van der Waals surface area contributed by atoms with Gasteiger partial charge in [-0.05, 0) is 43.2 Å². The molecule has 5 nitrogen and oxygen atoms in total. The van der Waals surface area contributed by atoms with Crippen molar-refractivity contribution in [3.8, 4) is 0 Å². The van der Waals surface area contributed by atoms with Crippen molar-refractivity contribution in [2.24, 2.45) is 0 Å². The number of H-pyrrole nitrogens is 1. The Morgan fingerprint density at radius 3 is 2.43 bits per heavy atom. The van der Waals surface area contributed by atoms with Gasteiger partial charge >= 0.3 is 0 Å². The second kappa shape index (κ2) is 5.05. The Hall–Kier alpha value is -2.95. The third kappa shape index (κ3) is 2.12. The predicted octanol–water partition coefficient (Wildman–Crippen LogP) is 2.71. The number of aromatic amines is 1. The Bertz CT molecular complexity index is 907. The van der Waals surface area contributed by atoms with Crippen LogP contribution in [-0.4, -0.2) is 33.2 Å². The standard InChI is InChI=1S/C18H15N3O2/c1-11-6-7-15-16(20-11)12(10-19-15)8-9-21-17(22)13-4-2-3-5-14(13)18(21)23/h2-7,10,19H,8-9H2,1H3. The molecule has 1 aliphatic heterocycles. The van der Waals surface area contributed by atoms with E-state index in [2.05, 4.69) is 9.97 Å². The van der Waals surface area contributed by atoms with Crippen LogP contribution in [0.1, 0.15) is 32.0 Å². The molecule has 1 aromatic carbocycles. The number of benzene rings is 1. The number of fused-ring (bicyclic) bond motifs is 2. The van der Waals surface area contributed by atoms with Gasteiger partial charge in [0.05, 0.1) is 22.2 Å². The zero-order valence-corrected chi connectivity index (χ0v) is 12.7. The number of aromatic nitrogens is 2. The van der Waals surface area contributed by atoms with Crippen LogP contribution in [0.5, 0.6) is 0 Å². The average molecular weight is 305 g/mol. The van der Waals surface area contributed by atoms with Gasteiger partial charge in [-0.25, -0.2) is 0 Å². The predicted molar refractivity (Wildman–Crippen MR) is 86.3 cm³/mol. The zero-order chi connectivity index (χ0) is 16.0. The molecule has 1 N–H and O–H groups in total. The third-order valence-corrected chi connectivity index (χ3v) is 4.22. The maximum absolute atomic E-state index is 12.4. The van der Waals surface area contributed by atoms with Crippen LogP contribution < -0.4 is 0 Å². The van der Waals surface area contributed by atoms with Crippen LogP contribution >= 0.6 is 0 Å². The summed E-state index contributed by atoms with van der Waals surface area (Å²) in [7, 11) is 0. The van der Waals surface area contributed by atoms with Gasteiger partial charge in [0.15, 0.2) is 0 Å². The van der Waals surface area contributed by atoms with Gasteiger partial charge in [0.1, 0.15) is 0 Å².